The van der Waals surface area contributed by atoms with Crippen molar-refractivity contribution in [3.05, 3.63) is 0 Å². The molecule has 0 saturated carbocycles. The van der Waals surface area contributed by atoms with Crippen LogP contribution in [-0.4, -0.2) is 152 Å². The number of rotatable bonds is 19. The number of aliphatic carboxylic acids is 2. The Bertz CT molecular complexity index is 1250. The van der Waals surface area contributed by atoms with Gasteiger partial charge in [0.15, 0.2) is 0 Å². The highest BCUT2D eigenvalue weighted by atomic mass is 16.4. The van der Waals surface area contributed by atoms with Gasteiger partial charge < -0.3 is 68.5 Å². The molecule has 0 unspecified atom stereocenters. The van der Waals surface area contributed by atoms with E-state index in [2.05, 4.69) is 10.6 Å². The molecule has 14 N–H and O–H groups in total. The fourth-order valence-corrected chi connectivity index (χ4v) is 4.43. The van der Waals surface area contributed by atoms with E-state index in [9.17, 15) is 58.5 Å². The Balaban J connectivity index is 3.01. The third kappa shape index (κ3) is 12.4. The van der Waals surface area contributed by atoms with E-state index >= 15 is 0 Å². The fraction of sp³-hybridized carbons (Fsp3) is 0.654. The van der Waals surface area contributed by atoms with Gasteiger partial charge >= 0.3 is 11.9 Å². The molecule has 0 spiro atoms. The first-order valence-electron chi connectivity index (χ1n) is 14.5. The maximum absolute atomic E-state index is 13.0. The average molecular weight is 691 g/mol. The number of carboxylic acid groups (broad SMARTS) is 2. The van der Waals surface area contributed by atoms with Gasteiger partial charge in [0.2, 0.25) is 41.4 Å². The van der Waals surface area contributed by atoms with Crippen molar-refractivity contribution in [3.63, 3.8) is 0 Å². The van der Waals surface area contributed by atoms with Crippen molar-refractivity contribution in [1.82, 2.24) is 31.5 Å². The summed E-state index contributed by atoms with van der Waals surface area (Å²) in [6.45, 7) is 0.130. The maximum atomic E-state index is 13.0. The lowest BCUT2D eigenvalue weighted by Gasteiger charge is -2.28. The number of hydrogen-bond donors (Lipinski definition) is 12. The van der Waals surface area contributed by atoms with Crippen molar-refractivity contribution < 1.29 is 68.7 Å². The smallest absolute Gasteiger partial charge is 0.325 e. The number of hydrogen-bond acceptors (Lipinski definition) is 13. The average Bonchev–Trinajstić information content (AvgIpc) is 3.49. The van der Waals surface area contributed by atoms with Crippen LogP contribution < -0.4 is 38.1 Å². The number of carbonyl (C=O) groups excluding carboxylic acids is 7. The Morgan fingerprint density at radius 3 is 1.79 bits per heavy atom. The van der Waals surface area contributed by atoms with E-state index in [-0.39, 0.29) is 13.0 Å². The summed E-state index contributed by atoms with van der Waals surface area (Å²) in [6, 6.07) is -11.2. The molecule has 22 nitrogen and oxygen atoms in total. The van der Waals surface area contributed by atoms with Gasteiger partial charge in [0.25, 0.3) is 0 Å². The molecule has 0 aliphatic carbocycles. The summed E-state index contributed by atoms with van der Waals surface area (Å²) in [5.41, 5.74) is 10.8. The van der Waals surface area contributed by atoms with Crippen molar-refractivity contribution in [3.8, 4) is 0 Å². The second kappa shape index (κ2) is 19.0. The SMILES string of the molecule is C[C@H](NC(=O)[C@@H](NC(=O)[C@H](CO)NC(=O)[C@H](CC(N)=O)NC(=O)[C@H](CO)NC(=O)[C@@H]1CCCN1C(=O)[C@@H](N)CC(=O)O)[C@@H](C)O)C(=O)O. The van der Waals surface area contributed by atoms with Crippen LogP contribution in [0.2, 0.25) is 0 Å². The Kier molecular flexibility index (Phi) is 16.3. The van der Waals surface area contributed by atoms with E-state index in [4.69, 9.17) is 21.7 Å². The van der Waals surface area contributed by atoms with Crippen LogP contribution in [0, 0.1) is 0 Å². The van der Waals surface area contributed by atoms with Gasteiger partial charge in [0.1, 0.15) is 36.3 Å². The van der Waals surface area contributed by atoms with Gasteiger partial charge in [0.05, 0.1) is 38.2 Å². The summed E-state index contributed by atoms with van der Waals surface area (Å²) in [5, 5.41) is 57.7. The topological polar surface area (TPSA) is 370 Å². The molecular formula is C26H42N8O14. The van der Waals surface area contributed by atoms with Crippen LogP contribution >= 0.6 is 0 Å². The maximum Gasteiger partial charge on any atom is 0.325 e. The summed E-state index contributed by atoms with van der Waals surface area (Å²) >= 11 is 0. The zero-order chi connectivity index (χ0) is 36.9. The minimum Gasteiger partial charge on any atom is -0.481 e. The van der Waals surface area contributed by atoms with Gasteiger partial charge in [-0.05, 0) is 26.7 Å². The first kappa shape index (κ1) is 41.1. The highest BCUT2D eigenvalue weighted by molar-refractivity contribution is 5.98. The van der Waals surface area contributed by atoms with Gasteiger partial charge in [-0.3, -0.25) is 43.2 Å². The molecule has 0 radical (unpaired) electrons. The van der Waals surface area contributed by atoms with Crippen molar-refractivity contribution in [2.45, 2.75) is 87.9 Å². The van der Waals surface area contributed by atoms with Gasteiger partial charge in [0, 0.05) is 6.54 Å². The first-order valence-corrected chi connectivity index (χ1v) is 14.5. The molecular weight excluding hydrogens is 648 g/mol. The van der Waals surface area contributed by atoms with Crippen LogP contribution in [0.3, 0.4) is 0 Å². The van der Waals surface area contributed by atoms with Crippen molar-refractivity contribution in [2.75, 3.05) is 19.8 Å². The van der Waals surface area contributed by atoms with Gasteiger partial charge in [-0.15, -0.1) is 0 Å². The lowest BCUT2D eigenvalue weighted by atomic mass is 10.1. The Hall–Kier alpha value is -4.93. The van der Waals surface area contributed by atoms with Crippen LogP contribution in [0.5, 0.6) is 0 Å². The van der Waals surface area contributed by atoms with Gasteiger partial charge in [-0.25, -0.2) is 0 Å². The van der Waals surface area contributed by atoms with E-state index in [1.165, 1.54) is 0 Å². The van der Waals surface area contributed by atoms with E-state index in [1.807, 2.05) is 16.0 Å². The molecule has 8 atom stereocenters. The van der Waals surface area contributed by atoms with E-state index in [1.54, 1.807) is 0 Å². The number of primary amides is 1. The molecule has 1 rings (SSSR count). The molecule has 0 aromatic heterocycles. The lowest BCUT2D eigenvalue weighted by molar-refractivity contribution is -0.144. The number of carbonyl (C=O) groups is 9. The van der Waals surface area contributed by atoms with Gasteiger partial charge in [-0.1, -0.05) is 0 Å². The summed E-state index contributed by atoms with van der Waals surface area (Å²) in [4.78, 5) is 111. The monoisotopic (exact) mass is 690 g/mol. The number of carboxylic acids is 2. The number of likely N-dealkylation sites (tertiary alicyclic amines) is 1. The summed E-state index contributed by atoms with van der Waals surface area (Å²) in [7, 11) is 0. The second-order valence-electron chi connectivity index (χ2n) is 10.9. The van der Waals surface area contributed by atoms with Crippen molar-refractivity contribution >= 4 is 53.3 Å². The number of aliphatic hydroxyl groups excluding tert-OH is 3. The molecule has 270 valence electrons. The predicted octanol–water partition coefficient (Wildman–Crippen LogP) is -7.45. The zero-order valence-corrected chi connectivity index (χ0v) is 26.1. The Morgan fingerprint density at radius 2 is 1.29 bits per heavy atom. The van der Waals surface area contributed by atoms with Gasteiger partial charge in [-0.2, -0.15) is 0 Å². The quantitative estimate of drug-likeness (QED) is 0.0599. The number of nitrogens with two attached hydrogens (primary N) is 2. The molecule has 0 aromatic rings. The highest BCUT2D eigenvalue weighted by Crippen LogP contribution is 2.19. The molecule has 22 heteroatoms. The fourth-order valence-electron chi connectivity index (χ4n) is 4.43. The summed E-state index contributed by atoms with van der Waals surface area (Å²) in [5.74, 6) is -10.5. The molecule has 0 bridgehead atoms. The third-order valence-corrected chi connectivity index (χ3v) is 7.01. The summed E-state index contributed by atoms with van der Waals surface area (Å²) < 4.78 is 0. The standard InChI is InChI=1S/C26H42N8O14/c1-10(26(47)48)29-24(45)19(11(2)37)33-22(43)15(9-36)31-20(41)13(7-17(28)38)30-21(42)14(8-35)32-23(44)16-4-3-5-34(16)25(46)12(27)6-18(39)40/h10-16,19,35-37H,3-9,27H2,1-2H3,(H2,28,38)(H,29,45)(H,30,42)(H,31,41)(H,32,44)(H,33,43)(H,39,40)(H,47,48)/t10-,11+,12-,13-,14-,15-,16-,19-/m0/s1. The van der Waals surface area contributed by atoms with Crippen molar-refractivity contribution in [2.24, 2.45) is 11.5 Å². The molecule has 0 aromatic carbocycles. The molecule has 1 heterocycles. The number of nitrogens with zero attached hydrogens (tertiary/aromatic N) is 1. The molecule has 48 heavy (non-hydrogen) atoms. The normalized spacial score (nSPS) is 18.5. The number of amides is 7. The van der Waals surface area contributed by atoms with E-state index < -0.39 is 128 Å². The largest absolute Gasteiger partial charge is 0.481 e. The highest BCUT2D eigenvalue weighted by Gasteiger charge is 2.39. The molecule has 7 amide bonds. The minimum absolute atomic E-state index is 0.0603. The Morgan fingerprint density at radius 1 is 0.771 bits per heavy atom. The van der Waals surface area contributed by atoms with Crippen molar-refractivity contribution in [1.29, 1.82) is 0 Å². The van der Waals surface area contributed by atoms with Crippen LogP contribution in [0.25, 0.3) is 0 Å². The Labute approximate surface area is 272 Å². The van der Waals surface area contributed by atoms with Crippen LogP contribution in [0.1, 0.15) is 39.5 Å². The molecule has 1 fully saturated rings. The van der Waals surface area contributed by atoms with E-state index in [0.29, 0.717) is 6.42 Å². The lowest BCUT2D eigenvalue weighted by Crippen LogP contribution is -2.62. The molecule has 1 aliphatic rings. The molecule has 1 saturated heterocycles. The summed E-state index contributed by atoms with van der Waals surface area (Å²) in [6.07, 6.45) is -2.69. The third-order valence-electron chi connectivity index (χ3n) is 7.01. The predicted molar refractivity (Wildman–Crippen MR) is 158 cm³/mol. The second-order valence-corrected chi connectivity index (χ2v) is 10.9. The minimum atomic E-state index is -1.84. The zero-order valence-electron chi connectivity index (χ0n) is 26.1. The molecule has 1 aliphatic heterocycles. The van der Waals surface area contributed by atoms with Crippen LogP contribution in [0.15, 0.2) is 0 Å². The number of nitrogens with one attached hydrogen (secondary N) is 5. The van der Waals surface area contributed by atoms with Crippen LogP contribution in [-0.2, 0) is 43.2 Å². The number of aliphatic hydroxyl groups is 3. The van der Waals surface area contributed by atoms with Crippen LogP contribution in [0.4, 0.5) is 0 Å². The van der Waals surface area contributed by atoms with E-state index in [0.717, 1.165) is 18.7 Å². The first-order chi connectivity index (χ1) is 22.3.